The predicted octanol–water partition coefficient (Wildman–Crippen LogP) is 2.60. The van der Waals surface area contributed by atoms with Crippen molar-refractivity contribution in [2.24, 2.45) is 5.92 Å². The van der Waals surface area contributed by atoms with Crippen LogP contribution in [0.25, 0.3) is 0 Å². The van der Waals surface area contributed by atoms with E-state index in [0.717, 1.165) is 19.3 Å². The fourth-order valence-corrected chi connectivity index (χ4v) is 2.28. The van der Waals surface area contributed by atoms with Crippen LogP contribution in [0.4, 0.5) is 0 Å². The zero-order chi connectivity index (χ0) is 9.90. The van der Waals surface area contributed by atoms with E-state index >= 15 is 0 Å². The summed E-state index contributed by atoms with van der Waals surface area (Å²) in [6.07, 6.45) is 4.11. The Kier molecular flexibility index (Phi) is 3.68. The van der Waals surface area contributed by atoms with Gasteiger partial charge in [0.2, 0.25) is 0 Å². The molecule has 0 aromatic heterocycles. The minimum absolute atomic E-state index is 0.209. The van der Waals surface area contributed by atoms with Crippen molar-refractivity contribution in [2.45, 2.75) is 45.3 Å². The zero-order valence-electron chi connectivity index (χ0n) is 8.93. The van der Waals surface area contributed by atoms with Gasteiger partial charge in [0.15, 0.2) is 8.32 Å². The first kappa shape index (κ1) is 10.9. The SMILES string of the molecule is C[Si](C)(C)OCC1CCCCC1=O. The van der Waals surface area contributed by atoms with Crippen molar-refractivity contribution < 1.29 is 9.22 Å². The second kappa shape index (κ2) is 4.38. The van der Waals surface area contributed by atoms with Crippen LogP contribution in [0, 0.1) is 5.92 Å². The highest BCUT2D eigenvalue weighted by Crippen LogP contribution is 2.21. The first-order chi connectivity index (χ1) is 5.99. The van der Waals surface area contributed by atoms with E-state index in [2.05, 4.69) is 19.6 Å². The molecule has 1 saturated carbocycles. The Morgan fingerprint density at radius 2 is 2.08 bits per heavy atom. The predicted molar refractivity (Wildman–Crippen MR) is 56.3 cm³/mol. The topological polar surface area (TPSA) is 26.3 Å². The highest BCUT2D eigenvalue weighted by atomic mass is 28.4. The molecule has 1 atom stereocenters. The minimum atomic E-state index is -1.42. The molecule has 0 aliphatic heterocycles. The summed E-state index contributed by atoms with van der Waals surface area (Å²) in [5.74, 6) is 0.630. The van der Waals surface area contributed by atoms with E-state index in [1.165, 1.54) is 6.42 Å². The molecule has 2 nitrogen and oxygen atoms in total. The maximum Gasteiger partial charge on any atom is 0.183 e. The molecule has 0 aromatic carbocycles. The van der Waals surface area contributed by atoms with Gasteiger partial charge in [-0.05, 0) is 32.5 Å². The normalized spacial score (nSPS) is 24.8. The number of hydrogen-bond acceptors (Lipinski definition) is 2. The summed E-state index contributed by atoms with van der Waals surface area (Å²) in [4.78, 5) is 11.4. The minimum Gasteiger partial charge on any atom is -0.417 e. The Morgan fingerprint density at radius 3 is 2.62 bits per heavy atom. The van der Waals surface area contributed by atoms with Crippen molar-refractivity contribution >= 4 is 14.1 Å². The lowest BCUT2D eigenvalue weighted by molar-refractivity contribution is -0.125. The molecule has 1 aliphatic carbocycles. The molecule has 0 radical (unpaired) electrons. The third-order valence-electron chi connectivity index (χ3n) is 2.40. The maximum atomic E-state index is 11.4. The van der Waals surface area contributed by atoms with Gasteiger partial charge in [-0.3, -0.25) is 4.79 Å². The van der Waals surface area contributed by atoms with Gasteiger partial charge >= 0.3 is 0 Å². The number of ketones is 1. The molecule has 1 aliphatic rings. The van der Waals surface area contributed by atoms with Crippen LogP contribution in [0.1, 0.15) is 25.7 Å². The van der Waals surface area contributed by atoms with Gasteiger partial charge in [-0.2, -0.15) is 0 Å². The van der Waals surface area contributed by atoms with Crippen LogP contribution < -0.4 is 0 Å². The average molecular weight is 200 g/mol. The third kappa shape index (κ3) is 4.05. The highest BCUT2D eigenvalue weighted by Gasteiger charge is 2.24. The molecule has 76 valence electrons. The molecule has 0 heterocycles. The smallest absolute Gasteiger partial charge is 0.183 e. The summed E-state index contributed by atoms with van der Waals surface area (Å²) < 4.78 is 5.76. The summed E-state index contributed by atoms with van der Waals surface area (Å²) in [6.45, 7) is 7.18. The summed E-state index contributed by atoms with van der Waals surface area (Å²) in [6, 6.07) is 0. The number of hydrogen-bond donors (Lipinski definition) is 0. The lowest BCUT2D eigenvalue weighted by Gasteiger charge is -2.24. The zero-order valence-corrected chi connectivity index (χ0v) is 9.93. The van der Waals surface area contributed by atoms with Gasteiger partial charge in [-0.1, -0.05) is 6.42 Å². The van der Waals surface area contributed by atoms with Crippen LogP contribution in [-0.2, 0) is 9.22 Å². The van der Waals surface area contributed by atoms with Crippen molar-refractivity contribution in [3.8, 4) is 0 Å². The van der Waals surface area contributed by atoms with Crippen LogP contribution in [0.5, 0.6) is 0 Å². The molecule has 0 spiro atoms. The molecule has 0 N–H and O–H groups in total. The van der Waals surface area contributed by atoms with Crippen molar-refractivity contribution in [2.75, 3.05) is 6.61 Å². The van der Waals surface area contributed by atoms with Gasteiger partial charge in [0.25, 0.3) is 0 Å². The van der Waals surface area contributed by atoms with Gasteiger partial charge in [-0.25, -0.2) is 0 Å². The fraction of sp³-hybridized carbons (Fsp3) is 0.900. The van der Waals surface area contributed by atoms with Gasteiger partial charge in [0.1, 0.15) is 5.78 Å². The second-order valence-electron chi connectivity index (χ2n) is 4.83. The quantitative estimate of drug-likeness (QED) is 0.655. The van der Waals surface area contributed by atoms with Gasteiger partial charge < -0.3 is 4.43 Å². The Morgan fingerprint density at radius 1 is 1.38 bits per heavy atom. The first-order valence-corrected chi connectivity index (χ1v) is 8.56. The van der Waals surface area contributed by atoms with E-state index in [-0.39, 0.29) is 5.92 Å². The van der Waals surface area contributed by atoms with E-state index in [1.54, 1.807) is 0 Å². The summed E-state index contributed by atoms with van der Waals surface area (Å²) in [7, 11) is -1.42. The molecule has 0 saturated heterocycles. The van der Waals surface area contributed by atoms with Crippen molar-refractivity contribution in [3.05, 3.63) is 0 Å². The van der Waals surface area contributed by atoms with Crippen LogP contribution in [-0.4, -0.2) is 20.7 Å². The van der Waals surface area contributed by atoms with Crippen LogP contribution >= 0.6 is 0 Å². The van der Waals surface area contributed by atoms with Gasteiger partial charge in [0, 0.05) is 18.9 Å². The first-order valence-electron chi connectivity index (χ1n) is 5.16. The Balaban J connectivity index is 2.31. The molecule has 0 amide bonds. The lowest BCUT2D eigenvalue weighted by Crippen LogP contribution is -2.32. The number of rotatable bonds is 3. The second-order valence-corrected chi connectivity index (χ2v) is 9.35. The molecule has 3 heteroatoms. The van der Waals surface area contributed by atoms with Crippen LogP contribution in [0.15, 0.2) is 0 Å². The van der Waals surface area contributed by atoms with Gasteiger partial charge in [0.05, 0.1) is 0 Å². The Labute approximate surface area is 81.8 Å². The van der Waals surface area contributed by atoms with E-state index in [0.29, 0.717) is 12.4 Å². The Hall–Kier alpha value is -0.153. The number of carbonyl (C=O) groups is 1. The number of carbonyl (C=O) groups excluding carboxylic acids is 1. The number of Topliss-reactive ketones (excluding diaryl/α,β-unsaturated/α-hetero) is 1. The molecule has 0 aromatic rings. The van der Waals surface area contributed by atoms with Crippen LogP contribution in [0.3, 0.4) is 0 Å². The summed E-state index contributed by atoms with van der Waals surface area (Å²) in [5.41, 5.74) is 0. The largest absolute Gasteiger partial charge is 0.417 e. The third-order valence-corrected chi connectivity index (χ3v) is 3.43. The molecule has 0 bridgehead atoms. The van der Waals surface area contributed by atoms with Crippen LogP contribution in [0.2, 0.25) is 19.6 Å². The molecular formula is C10H20O2Si. The molecule has 13 heavy (non-hydrogen) atoms. The summed E-state index contributed by atoms with van der Waals surface area (Å²) >= 11 is 0. The lowest BCUT2D eigenvalue weighted by atomic mass is 9.89. The van der Waals surface area contributed by atoms with E-state index < -0.39 is 8.32 Å². The van der Waals surface area contributed by atoms with E-state index in [9.17, 15) is 4.79 Å². The van der Waals surface area contributed by atoms with E-state index in [1.807, 2.05) is 0 Å². The molecule has 1 rings (SSSR count). The van der Waals surface area contributed by atoms with Crippen molar-refractivity contribution in [1.29, 1.82) is 0 Å². The monoisotopic (exact) mass is 200 g/mol. The highest BCUT2D eigenvalue weighted by molar-refractivity contribution is 6.69. The standard InChI is InChI=1S/C10H20O2Si/c1-13(2,3)12-8-9-6-4-5-7-10(9)11/h9H,4-8H2,1-3H3. The summed E-state index contributed by atoms with van der Waals surface area (Å²) in [5, 5.41) is 0. The van der Waals surface area contributed by atoms with Gasteiger partial charge in [-0.15, -0.1) is 0 Å². The molecule has 1 fully saturated rings. The average Bonchev–Trinajstić information content (AvgIpc) is 2.01. The maximum absolute atomic E-state index is 11.4. The van der Waals surface area contributed by atoms with Crippen molar-refractivity contribution in [1.82, 2.24) is 0 Å². The fourth-order valence-electron chi connectivity index (χ4n) is 1.58. The molecule has 1 unspecified atom stereocenters. The molecular weight excluding hydrogens is 180 g/mol. The van der Waals surface area contributed by atoms with Crippen molar-refractivity contribution in [3.63, 3.8) is 0 Å². The Bertz CT molecular complexity index is 184. The van der Waals surface area contributed by atoms with E-state index in [4.69, 9.17) is 4.43 Å².